The molecule has 1 aromatic heterocycles. The predicted molar refractivity (Wildman–Crippen MR) is 95.5 cm³/mol. The molecule has 0 fully saturated rings. The number of allylic oxidation sites excluding steroid dienone is 1. The second-order valence-corrected chi connectivity index (χ2v) is 5.23. The largest absolute Gasteiger partial charge is 0.493 e. The lowest BCUT2D eigenvalue weighted by molar-refractivity contribution is 0.0974. The number of para-hydroxylation sites is 2. The highest BCUT2D eigenvalue weighted by Crippen LogP contribution is 2.38. The molecule has 3 rings (SSSR count). The second kappa shape index (κ2) is 7.09. The third kappa shape index (κ3) is 3.19. The van der Waals surface area contributed by atoms with E-state index < -0.39 is 0 Å². The van der Waals surface area contributed by atoms with Crippen molar-refractivity contribution in [1.82, 2.24) is 9.55 Å². The summed E-state index contributed by atoms with van der Waals surface area (Å²) >= 11 is 0. The first kappa shape index (κ1) is 16.6. The molecule has 6 heteroatoms. The van der Waals surface area contributed by atoms with Gasteiger partial charge in [0.15, 0.2) is 11.5 Å². The molecule has 128 valence electrons. The Bertz CT molecular complexity index is 918. The number of hydrogen-bond acceptors (Lipinski definition) is 5. The van der Waals surface area contributed by atoms with Gasteiger partial charge < -0.3 is 14.2 Å². The molecule has 0 atom stereocenters. The maximum atomic E-state index is 12.5. The summed E-state index contributed by atoms with van der Waals surface area (Å²) in [6.45, 7) is 0. The Morgan fingerprint density at radius 2 is 1.72 bits per heavy atom. The van der Waals surface area contributed by atoms with Crippen LogP contribution in [0.2, 0.25) is 0 Å². The van der Waals surface area contributed by atoms with Gasteiger partial charge in [0, 0.05) is 6.08 Å². The zero-order valence-electron chi connectivity index (χ0n) is 14.2. The standard InChI is InChI=1S/C19H18N2O4/c1-23-16-10-13(11-17(24-2)19(16)25-3)8-9-18(22)21-12-20-14-6-4-5-7-15(14)21/h4-12H,1-3H3/b9-8+. The van der Waals surface area contributed by atoms with E-state index in [0.717, 1.165) is 16.6 Å². The van der Waals surface area contributed by atoms with E-state index in [1.54, 1.807) is 39.5 Å². The highest BCUT2D eigenvalue weighted by atomic mass is 16.5. The molecule has 3 aromatic rings. The minimum atomic E-state index is -0.192. The number of benzene rings is 2. The van der Waals surface area contributed by atoms with E-state index in [1.807, 2.05) is 24.3 Å². The van der Waals surface area contributed by atoms with E-state index in [2.05, 4.69) is 4.98 Å². The number of carbonyl (C=O) groups excluding carboxylic acids is 1. The van der Waals surface area contributed by atoms with Crippen molar-refractivity contribution in [3.05, 3.63) is 54.4 Å². The van der Waals surface area contributed by atoms with Crippen molar-refractivity contribution < 1.29 is 19.0 Å². The van der Waals surface area contributed by atoms with Gasteiger partial charge in [0.1, 0.15) is 6.33 Å². The maximum Gasteiger partial charge on any atom is 0.256 e. The fraction of sp³-hybridized carbons (Fsp3) is 0.158. The zero-order chi connectivity index (χ0) is 17.8. The minimum Gasteiger partial charge on any atom is -0.493 e. The average Bonchev–Trinajstić information content (AvgIpc) is 3.09. The summed E-state index contributed by atoms with van der Waals surface area (Å²) in [5.41, 5.74) is 2.30. The molecule has 1 heterocycles. The molecule has 2 aromatic carbocycles. The lowest BCUT2D eigenvalue weighted by Gasteiger charge is -2.12. The molecule has 0 spiro atoms. The van der Waals surface area contributed by atoms with Crippen LogP contribution >= 0.6 is 0 Å². The number of rotatable bonds is 5. The maximum absolute atomic E-state index is 12.5. The molecule has 0 saturated carbocycles. The summed E-state index contributed by atoms with van der Waals surface area (Å²) in [6.07, 6.45) is 4.70. The van der Waals surface area contributed by atoms with Crippen LogP contribution in [-0.4, -0.2) is 36.8 Å². The number of nitrogens with zero attached hydrogens (tertiary/aromatic N) is 2. The van der Waals surface area contributed by atoms with Crippen molar-refractivity contribution >= 4 is 23.0 Å². The summed E-state index contributed by atoms with van der Waals surface area (Å²) < 4.78 is 17.4. The van der Waals surface area contributed by atoms with E-state index in [1.165, 1.54) is 17.0 Å². The summed E-state index contributed by atoms with van der Waals surface area (Å²) in [5.74, 6) is 1.38. The molecule has 0 unspecified atom stereocenters. The van der Waals surface area contributed by atoms with Crippen LogP contribution in [0.1, 0.15) is 10.4 Å². The van der Waals surface area contributed by atoms with Gasteiger partial charge in [-0.05, 0) is 35.9 Å². The van der Waals surface area contributed by atoms with Crippen molar-refractivity contribution in [3.63, 3.8) is 0 Å². The zero-order valence-corrected chi connectivity index (χ0v) is 14.2. The van der Waals surface area contributed by atoms with Crippen LogP contribution in [0.5, 0.6) is 17.2 Å². The van der Waals surface area contributed by atoms with Gasteiger partial charge in [-0.25, -0.2) is 4.98 Å². The van der Waals surface area contributed by atoms with Crippen LogP contribution in [0.25, 0.3) is 17.1 Å². The van der Waals surface area contributed by atoms with E-state index in [9.17, 15) is 4.79 Å². The molecule has 6 nitrogen and oxygen atoms in total. The molecule has 0 bridgehead atoms. The Labute approximate surface area is 145 Å². The van der Waals surface area contributed by atoms with Crippen LogP contribution < -0.4 is 14.2 Å². The van der Waals surface area contributed by atoms with Crippen molar-refractivity contribution in [2.45, 2.75) is 0 Å². The topological polar surface area (TPSA) is 62.6 Å². The van der Waals surface area contributed by atoms with Gasteiger partial charge >= 0.3 is 0 Å². The van der Waals surface area contributed by atoms with Crippen molar-refractivity contribution in [2.75, 3.05) is 21.3 Å². The van der Waals surface area contributed by atoms with E-state index >= 15 is 0 Å². The van der Waals surface area contributed by atoms with Crippen LogP contribution in [0.4, 0.5) is 0 Å². The Morgan fingerprint density at radius 1 is 1.04 bits per heavy atom. The number of ether oxygens (including phenoxy) is 3. The third-order valence-corrected chi connectivity index (χ3v) is 3.80. The first-order chi connectivity index (χ1) is 12.2. The van der Waals surface area contributed by atoms with Crippen LogP contribution in [0.3, 0.4) is 0 Å². The SMILES string of the molecule is COc1cc(/C=C/C(=O)n2cnc3ccccc32)cc(OC)c1OC. The average molecular weight is 338 g/mol. The molecule has 0 saturated heterocycles. The number of carbonyl (C=O) groups is 1. The molecular weight excluding hydrogens is 320 g/mol. The number of methoxy groups -OCH3 is 3. The number of fused-ring (bicyclic) bond motifs is 1. The van der Waals surface area contributed by atoms with Gasteiger partial charge in [-0.2, -0.15) is 0 Å². The summed E-state index contributed by atoms with van der Waals surface area (Å²) in [4.78, 5) is 16.7. The van der Waals surface area contributed by atoms with Gasteiger partial charge in [-0.15, -0.1) is 0 Å². The Morgan fingerprint density at radius 3 is 2.36 bits per heavy atom. The molecular formula is C19H18N2O4. The van der Waals surface area contributed by atoms with E-state index in [0.29, 0.717) is 17.2 Å². The van der Waals surface area contributed by atoms with E-state index in [-0.39, 0.29) is 5.91 Å². The summed E-state index contributed by atoms with van der Waals surface area (Å²) in [7, 11) is 4.64. The molecule has 0 amide bonds. The van der Waals surface area contributed by atoms with Crippen molar-refractivity contribution in [2.24, 2.45) is 0 Å². The van der Waals surface area contributed by atoms with Gasteiger partial charge in [0.2, 0.25) is 5.75 Å². The highest BCUT2D eigenvalue weighted by Gasteiger charge is 2.12. The van der Waals surface area contributed by atoms with Gasteiger partial charge in [-0.3, -0.25) is 9.36 Å². The van der Waals surface area contributed by atoms with Gasteiger partial charge in [-0.1, -0.05) is 12.1 Å². The van der Waals surface area contributed by atoms with Gasteiger partial charge in [0.05, 0.1) is 32.4 Å². The normalized spacial score (nSPS) is 11.0. The lowest BCUT2D eigenvalue weighted by Crippen LogP contribution is -2.05. The second-order valence-electron chi connectivity index (χ2n) is 5.23. The smallest absolute Gasteiger partial charge is 0.256 e. The molecule has 0 aliphatic heterocycles. The number of hydrogen-bond donors (Lipinski definition) is 0. The summed E-state index contributed by atoms with van der Waals surface area (Å²) in [5, 5.41) is 0. The third-order valence-electron chi connectivity index (χ3n) is 3.80. The number of aromatic nitrogens is 2. The predicted octanol–water partition coefficient (Wildman–Crippen LogP) is 3.42. The fourth-order valence-electron chi connectivity index (χ4n) is 2.58. The Kier molecular flexibility index (Phi) is 4.70. The van der Waals surface area contributed by atoms with E-state index in [4.69, 9.17) is 14.2 Å². The van der Waals surface area contributed by atoms with Crippen molar-refractivity contribution in [1.29, 1.82) is 0 Å². The van der Waals surface area contributed by atoms with Crippen molar-refractivity contribution in [3.8, 4) is 17.2 Å². The monoisotopic (exact) mass is 338 g/mol. The van der Waals surface area contributed by atoms with Crippen LogP contribution in [-0.2, 0) is 0 Å². The minimum absolute atomic E-state index is 0.192. The van der Waals surface area contributed by atoms with Crippen LogP contribution in [0.15, 0.2) is 48.8 Å². The fourth-order valence-corrected chi connectivity index (χ4v) is 2.58. The molecule has 0 radical (unpaired) electrons. The summed E-state index contributed by atoms with van der Waals surface area (Å²) in [6, 6.07) is 11.0. The quantitative estimate of drug-likeness (QED) is 0.667. The molecule has 0 N–H and O–H groups in total. The first-order valence-corrected chi connectivity index (χ1v) is 7.62. The molecule has 25 heavy (non-hydrogen) atoms. The van der Waals surface area contributed by atoms with Gasteiger partial charge in [0.25, 0.3) is 5.91 Å². The Hall–Kier alpha value is -3.28. The molecule has 0 aliphatic carbocycles. The van der Waals surface area contributed by atoms with Crippen LogP contribution in [0, 0.1) is 0 Å². The number of imidazole rings is 1. The Balaban J connectivity index is 1.92. The molecule has 0 aliphatic rings. The lowest BCUT2D eigenvalue weighted by atomic mass is 10.1. The first-order valence-electron chi connectivity index (χ1n) is 7.62. The highest BCUT2D eigenvalue weighted by molar-refractivity contribution is 5.99.